The summed E-state index contributed by atoms with van der Waals surface area (Å²) in [5.41, 5.74) is 0.446. The van der Waals surface area contributed by atoms with Crippen LogP contribution in [0.2, 0.25) is 0 Å². The van der Waals surface area contributed by atoms with E-state index in [0.717, 1.165) is 0 Å². The van der Waals surface area contributed by atoms with Gasteiger partial charge in [-0.2, -0.15) is 0 Å². The highest BCUT2D eigenvalue weighted by atomic mass is 16.5. The number of hydrogen-bond donors (Lipinski definition) is 2. The normalized spacial score (nSPS) is 9.43. The van der Waals surface area contributed by atoms with Crippen LogP contribution in [-0.4, -0.2) is 44.6 Å². The fourth-order valence-electron chi connectivity index (χ4n) is 1.30. The Morgan fingerprint density at radius 3 is 2.00 bits per heavy atom. The van der Waals surface area contributed by atoms with Gasteiger partial charge in [0.15, 0.2) is 6.61 Å². The van der Waals surface area contributed by atoms with Gasteiger partial charge in [0.25, 0.3) is 5.91 Å². The van der Waals surface area contributed by atoms with E-state index >= 15 is 0 Å². The molecule has 0 unspecified atom stereocenters. The Labute approximate surface area is 120 Å². The van der Waals surface area contributed by atoms with Crippen LogP contribution in [0.1, 0.15) is 20.7 Å². The number of carbonyl (C=O) groups is 4. The minimum absolute atomic E-state index is 0.162. The average molecular weight is 294 g/mol. The summed E-state index contributed by atoms with van der Waals surface area (Å²) >= 11 is 0. The Hall–Kier alpha value is -2.90. The molecule has 0 aromatic heterocycles. The number of hydrogen-bond acceptors (Lipinski definition) is 6. The van der Waals surface area contributed by atoms with Crippen LogP contribution in [0.25, 0.3) is 0 Å². The minimum Gasteiger partial charge on any atom is -0.465 e. The van der Waals surface area contributed by atoms with Gasteiger partial charge in [0.1, 0.15) is 0 Å². The van der Waals surface area contributed by atoms with Crippen LogP contribution < -0.4 is 10.6 Å². The van der Waals surface area contributed by atoms with Crippen molar-refractivity contribution in [2.75, 3.05) is 20.8 Å². The Kier molecular flexibility index (Phi) is 5.87. The number of amides is 3. The van der Waals surface area contributed by atoms with Gasteiger partial charge < -0.3 is 14.8 Å². The van der Waals surface area contributed by atoms with Gasteiger partial charge in [0.05, 0.1) is 18.2 Å². The lowest BCUT2D eigenvalue weighted by Crippen LogP contribution is -2.39. The summed E-state index contributed by atoms with van der Waals surface area (Å²) in [4.78, 5) is 44.9. The van der Waals surface area contributed by atoms with Crippen LogP contribution >= 0.6 is 0 Å². The monoisotopic (exact) mass is 294 g/mol. The number of urea groups is 1. The van der Waals surface area contributed by atoms with Gasteiger partial charge in [-0.3, -0.25) is 10.1 Å². The van der Waals surface area contributed by atoms with E-state index in [4.69, 9.17) is 4.74 Å². The Bertz CT molecular complexity index is 552. The standard InChI is InChI=1S/C13H14N2O6/c1-14-13(19)15-10(16)7-21-12(18)9-5-3-8(4-6-9)11(17)20-2/h3-6H,7H2,1-2H3,(H2,14,15,16,19). The molecule has 2 N–H and O–H groups in total. The molecule has 21 heavy (non-hydrogen) atoms. The molecule has 0 saturated carbocycles. The number of imide groups is 1. The largest absolute Gasteiger partial charge is 0.465 e. The third kappa shape index (κ3) is 4.94. The number of carbonyl (C=O) groups excluding carboxylic acids is 4. The Balaban J connectivity index is 2.54. The van der Waals surface area contributed by atoms with Gasteiger partial charge in [0, 0.05) is 7.05 Å². The maximum atomic E-state index is 11.6. The Morgan fingerprint density at radius 2 is 1.52 bits per heavy atom. The summed E-state index contributed by atoms with van der Waals surface area (Å²) in [5, 5.41) is 4.12. The molecule has 0 heterocycles. The molecular weight excluding hydrogens is 280 g/mol. The van der Waals surface area contributed by atoms with E-state index in [1.807, 2.05) is 5.32 Å². The van der Waals surface area contributed by atoms with Crippen molar-refractivity contribution in [3.63, 3.8) is 0 Å². The molecule has 0 aliphatic carbocycles. The van der Waals surface area contributed by atoms with Gasteiger partial charge >= 0.3 is 18.0 Å². The molecule has 112 valence electrons. The summed E-state index contributed by atoms with van der Waals surface area (Å²) in [6.45, 7) is -0.592. The van der Waals surface area contributed by atoms with E-state index in [2.05, 4.69) is 10.1 Å². The molecule has 0 aliphatic heterocycles. The second-order valence-electron chi connectivity index (χ2n) is 3.77. The predicted octanol–water partition coefficient (Wildman–Crippen LogP) is 0.0856. The summed E-state index contributed by atoms with van der Waals surface area (Å²) in [6.07, 6.45) is 0. The van der Waals surface area contributed by atoms with Crippen molar-refractivity contribution >= 4 is 23.9 Å². The van der Waals surface area contributed by atoms with E-state index in [0.29, 0.717) is 0 Å². The molecular formula is C13H14N2O6. The van der Waals surface area contributed by atoms with Crippen molar-refractivity contribution in [3.8, 4) is 0 Å². The van der Waals surface area contributed by atoms with Crippen LogP contribution in [0, 0.1) is 0 Å². The van der Waals surface area contributed by atoms with Gasteiger partial charge in [-0.1, -0.05) is 0 Å². The summed E-state index contributed by atoms with van der Waals surface area (Å²) in [6, 6.07) is 4.83. The van der Waals surface area contributed by atoms with Gasteiger partial charge in [0.2, 0.25) is 0 Å². The smallest absolute Gasteiger partial charge is 0.338 e. The Morgan fingerprint density at radius 1 is 1.00 bits per heavy atom. The zero-order valence-corrected chi connectivity index (χ0v) is 11.5. The molecule has 0 radical (unpaired) electrons. The topological polar surface area (TPSA) is 111 Å². The lowest BCUT2D eigenvalue weighted by Gasteiger charge is -2.06. The van der Waals surface area contributed by atoms with Crippen LogP contribution in [0.5, 0.6) is 0 Å². The first-order valence-corrected chi connectivity index (χ1v) is 5.85. The SMILES string of the molecule is CNC(=O)NC(=O)COC(=O)c1ccc(C(=O)OC)cc1. The predicted molar refractivity (Wildman–Crippen MR) is 70.7 cm³/mol. The summed E-state index contributed by atoms with van der Waals surface area (Å²) in [7, 11) is 2.59. The molecule has 3 amide bonds. The molecule has 8 nitrogen and oxygen atoms in total. The maximum absolute atomic E-state index is 11.6. The van der Waals surface area contributed by atoms with E-state index < -0.39 is 30.5 Å². The third-order valence-corrected chi connectivity index (χ3v) is 2.36. The molecule has 1 rings (SSSR count). The number of nitrogens with one attached hydrogen (secondary N) is 2. The second-order valence-corrected chi connectivity index (χ2v) is 3.77. The minimum atomic E-state index is -0.756. The van der Waals surface area contributed by atoms with Crippen LogP contribution in [0.15, 0.2) is 24.3 Å². The van der Waals surface area contributed by atoms with Crippen molar-refractivity contribution in [1.29, 1.82) is 0 Å². The number of benzene rings is 1. The van der Waals surface area contributed by atoms with Crippen molar-refractivity contribution in [2.45, 2.75) is 0 Å². The number of ether oxygens (including phenoxy) is 2. The van der Waals surface area contributed by atoms with Gasteiger partial charge in [-0.05, 0) is 24.3 Å². The maximum Gasteiger partial charge on any atom is 0.338 e. The highest BCUT2D eigenvalue weighted by Gasteiger charge is 2.13. The van der Waals surface area contributed by atoms with Crippen molar-refractivity contribution in [3.05, 3.63) is 35.4 Å². The molecule has 1 aromatic carbocycles. The fourth-order valence-corrected chi connectivity index (χ4v) is 1.30. The van der Waals surface area contributed by atoms with Crippen molar-refractivity contribution < 1.29 is 28.7 Å². The number of esters is 2. The summed E-state index contributed by atoms with van der Waals surface area (Å²) in [5.74, 6) is -2.03. The quantitative estimate of drug-likeness (QED) is 0.761. The molecule has 8 heteroatoms. The molecule has 0 spiro atoms. The molecule has 0 fully saturated rings. The zero-order valence-electron chi connectivity index (χ0n) is 11.5. The first-order chi connectivity index (χ1) is 9.97. The van der Waals surface area contributed by atoms with Crippen molar-refractivity contribution in [1.82, 2.24) is 10.6 Å². The van der Waals surface area contributed by atoms with Gasteiger partial charge in [-0.15, -0.1) is 0 Å². The molecule has 0 saturated heterocycles. The fraction of sp³-hybridized carbons (Fsp3) is 0.231. The average Bonchev–Trinajstić information content (AvgIpc) is 2.51. The van der Waals surface area contributed by atoms with Gasteiger partial charge in [-0.25, -0.2) is 14.4 Å². The van der Waals surface area contributed by atoms with Crippen molar-refractivity contribution in [2.24, 2.45) is 0 Å². The highest BCUT2D eigenvalue weighted by Crippen LogP contribution is 2.07. The van der Waals surface area contributed by atoms with Crippen LogP contribution in [0.4, 0.5) is 4.79 Å². The second kappa shape index (κ2) is 7.63. The first kappa shape index (κ1) is 16.2. The van der Waals surface area contributed by atoms with E-state index in [9.17, 15) is 19.2 Å². The molecule has 0 atom stereocenters. The molecule has 1 aromatic rings. The molecule has 0 aliphatic rings. The highest BCUT2D eigenvalue weighted by molar-refractivity contribution is 5.97. The lowest BCUT2D eigenvalue weighted by atomic mass is 10.1. The van der Waals surface area contributed by atoms with Crippen LogP contribution in [0.3, 0.4) is 0 Å². The number of rotatable bonds is 4. The summed E-state index contributed by atoms with van der Waals surface area (Å²) < 4.78 is 9.23. The van der Waals surface area contributed by atoms with E-state index in [1.165, 1.54) is 38.4 Å². The van der Waals surface area contributed by atoms with E-state index in [-0.39, 0.29) is 11.1 Å². The third-order valence-electron chi connectivity index (χ3n) is 2.36. The zero-order chi connectivity index (χ0) is 15.8. The number of methoxy groups -OCH3 is 1. The first-order valence-electron chi connectivity index (χ1n) is 5.85. The molecule has 0 bridgehead atoms. The lowest BCUT2D eigenvalue weighted by molar-refractivity contribution is -0.123. The van der Waals surface area contributed by atoms with Crippen LogP contribution in [-0.2, 0) is 14.3 Å². The van der Waals surface area contributed by atoms with E-state index in [1.54, 1.807) is 0 Å².